The molecule has 5 heterocycles. The number of rotatable bonds is 5. The van der Waals surface area contributed by atoms with Gasteiger partial charge in [-0.3, -0.25) is 5.10 Å². The second kappa shape index (κ2) is 6.24. The van der Waals surface area contributed by atoms with E-state index in [1.54, 1.807) is 16.9 Å². The van der Waals surface area contributed by atoms with Crippen LogP contribution in [0.5, 0.6) is 0 Å². The van der Waals surface area contributed by atoms with Crippen molar-refractivity contribution in [1.82, 2.24) is 44.5 Å². The molecule has 11 nitrogen and oxygen atoms in total. The van der Waals surface area contributed by atoms with Crippen molar-refractivity contribution in [2.45, 2.75) is 25.7 Å². The van der Waals surface area contributed by atoms with E-state index in [2.05, 4.69) is 30.6 Å². The van der Waals surface area contributed by atoms with Crippen LogP contribution in [0, 0.1) is 6.92 Å². The molecule has 5 aromatic heterocycles. The summed E-state index contributed by atoms with van der Waals surface area (Å²) < 4.78 is 9.06. The van der Waals surface area contributed by atoms with Crippen molar-refractivity contribution in [1.29, 1.82) is 0 Å². The molecule has 0 spiro atoms. The SMILES string of the molecule is Cc1c(-c2ccn[nH]2)cn2nc(-c3nccn3C)nc(Nc3noc(C4CC4)n3)c12. The number of fused-ring (bicyclic) bond motifs is 1. The molecule has 1 aliphatic rings. The molecule has 0 atom stereocenters. The minimum atomic E-state index is 0.378. The van der Waals surface area contributed by atoms with Crippen LogP contribution in [0.2, 0.25) is 0 Å². The normalized spacial score (nSPS) is 13.9. The summed E-state index contributed by atoms with van der Waals surface area (Å²) in [7, 11) is 1.90. The van der Waals surface area contributed by atoms with Crippen molar-refractivity contribution >= 4 is 17.3 Å². The van der Waals surface area contributed by atoms with Crippen LogP contribution in [0.1, 0.15) is 30.2 Å². The molecule has 0 amide bonds. The summed E-state index contributed by atoms with van der Waals surface area (Å²) in [6.07, 6.45) is 9.42. The predicted molar refractivity (Wildman–Crippen MR) is 107 cm³/mol. The molecule has 0 aliphatic heterocycles. The predicted octanol–water partition coefficient (Wildman–Crippen LogP) is 2.83. The van der Waals surface area contributed by atoms with E-state index in [1.807, 2.05) is 37.0 Å². The van der Waals surface area contributed by atoms with Gasteiger partial charge >= 0.3 is 0 Å². The van der Waals surface area contributed by atoms with Gasteiger partial charge in [0.25, 0.3) is 5.95 Å². The molecule has 1 aliphatic carbocycles. The third kappa shape index (κ3) is 2.66. The first-order chi connectivity index (χ1) is 14.7. The zero-order chi connectivity index (χ0) is 20.2. The number of H-pyrrole nitrogens is 1. The molecule has 6 rings (SSSR count). The van der Waals surface area contributed by atoms with Crippen molar-refractivity contribution in [2.24, 2.45) is 7.05 Å². The van der Waals surface area contributed by atoms with Gasteiger partial charge in [0.05, 0.1) is 5.69 Å². The molecule has 5 aromatic rings. The molecular weight excluding hydrogens is 384 g/mol. The third-order valence-electron chi connectivity index (χ3n) is 5.29. The number of imidazole rings is 1. The maximum absolute atomic E-state index is 5.39. The van der Waals surface area contributed by atoms with E-state index in [1.165, 1.54) is 0 Å². The van der Waals surface area contributed by atoms with Gasteiger partial charge in [0.15, 0.2) is 11.6 Å². The first-order valence-corrected chi connectivity index (χ1v) is 9.65. The lowest BCUT2D eigenvalue weighted by Crippen LogP contribution is -2.06. The fourth-order valence-electron chi connectivity index (χ4n) is 3.56. The van der Waals surface area contributed by atoms with Gasteiger partial charge < -0.3 is 14.4 Å². The number of anilines is 2. The molecule has 0 unspecified atom stereocenters. The van der Waals surface area contributed by atoms with E-state index in [-0.39, 0.29) is 0 Å². The largest absolute Gasteiger partial charge is 0.337 e. The summed E-state index contributed by atoms with van der Waals surface area (Å²) in [6.45, 7) is 2.02. The van der Waals surface area contributed by atoms with Crippen LogP contribution in [0.15, 0.2) is 35.4 Å². The van der Waals surface area contributed by atoms with Crippen molar-refractivity contribution in [3.63, 3.8) is 0 Å². The Morgan fingerprint density at radius 2 is 2.13 bits per heavy atom. The highest BCUT2D eigenvalue weighted by atomic mass is 16.5. The lowest BCUT2D eigenvalue weighted by molar-refractivity contribution is 0.380. The van der Waals surface area contributed by atoms with E-state index in [0.717, 1.165) is 35.2 Å². The van der Waals surface area contributed by atoms with Gasteiger partial charge in [-0.25, -0.2) is 14.5 Å². The van der Waals surface area contributed by atoms with Gasteiger partial charge in [-0.05, 0) is 36.6 Å². The molecule has 150 valence electrons. The Morgan fingerprint density at radius 3 is 2.87 bits per heavy atom. The zero-order valence-electron chi connectivity index (χ0n) is 16.4. The van der Waals surface area contributed by atoms with Crippen molar-refractivity contribution in [3.05, 3.63) is 42.3 Å². The van der Waals surface area contributed by atoms with Gasteiger partial charge in [0, 0.05) is 43.3 Å². The van der Waals surface area contributed by atoms with Crippen LogP contribution in [0.4, 0.5) is 11.8 Å². The Labute approximate surface area is 170 Å². The summed E-state index contributed by atoms with van der Waals surface area (Å²) in [4.78, 5) is 13.6. The molecular formula is C19H18N10O. The van der Waals surface area contributed by atoms with Crippen LogP contribution < -0.4 is 5.32 Å². The van der Waals surface area contributed by atoms with Gasteiger partial charge in [-0.15, -0.1) is 5.10 Å². The molecule has 0 aromatic carbocycles. The lowest BCUT2D eigenvalue weighted by Gasteiger charge is -2.08. The van der Waals surface area contributed by atoms with E-state index in [4.69, 9.17) is 14.6 Å². The average Bonchev–Trinajstić information content (AvgIpc) is 3.14. The molecule has 0 saturated heterocycles. The number of aryl methyl sites for hydroxylation is 2. The maximum atomic E-state index is 5.39. The highest BCUT2D eigenvalue weighted by molar-refractivity contribution is 5.83. The minimum absolute atomic E-state index is 0.378. The topological polar surface area (TPSA) is 128 Å². The molecule has 0 radical (unpaired) electrons. The Balaban J connectivity index is 1.52. The number of aromatic nitrogens is 9. The summed E-state index contributed by atoms with van der Waals surface area (Å²) in [6, 6.07) is 1.92. The number of nitrogens with zero attached hydrogens (tertiary/aromatic N) is 8. The Bertz CT molecular complexity index is 1360. The van der Waals surface area contributed by atoms with E-state index in [0.29, 0.717) is 35.2 Å². The highest BCUT2D eigenvalue weighted by Gasteiger charge is 2.30. The summed E-state index contributed by atoms with van der Waals surface area (Å²) in [5.74, 6) is 3.14. The summed E-state index contributed by atoms with van der Waals surface area (Å²) in [5.41, 5.74) is 3.70. The number of nitrogens with one attached hydrogen (secondary N) is 2. The van der Waals surface area contributed by atoms with Gasteiger partial charge in [-0.1, -0.05) is 0 Å². The molecule has 1 saturated carbocycles. The van der Waals surface area contributed by atoms with Gasteiger partial charge in [0.2, 0.25) is 11.7 Å². The molecule has 1 fully saturated rings. The highest BCUT2D eigenvalue weighted by Crippen LogP contribution is 2.39. The number of hydrogen-bond acceptors (Lipinski definition) is 8. The quantitative estimate of drug-likeness (QED) is 0.459. The molecule has 2 N–H and O–H groups in total. The summed E-state index contributed by atoms with van der Waals surface area (Å²) >= 11 is 0. The first kappa shape index (κ1) is 16.9. The first-order valence-electron chi connectivity index (χ1n) is 9.65. The molecule has 0 bridgehead atoms. The fourth-order valence-corrected chi connectivity index (χ4v) is 3.56. The summed E-state index contributed by atoms with van der Waals surface area (Å²) in [5, 5.41) is 19.1. The molecule has 30 heavy (non-hydrogen) atoms. The third-order valence-corrected chi connectivity index (χ3v) is 5.29. The van der Waals surface area contributed by atoms with Gasteiger partial charge in [0.1, 0.15) is 5.52 Å². The lowest BCUT2D eigenvalue weighted by atomic mass is 10.1. The van der Waals surface area contributed by atoms with Crippen LogP contribution in [-0.2, 0) is 7.05 Å². The second-order valence-electron chi connectivity index (χ2n) is 7.43. The Hall–Kier alpha value is -4.02. The number of hydrogen-bond donors (Lipinski definition) is 2. The van der Waals surface area contributed by atoms with E-state index < -0.39 is 0 Å². The standard InChI is InChI=1S/C19H18N10O/c1-10-12(13-5-6-21-25-13)9-29-14(10)15(22-16(26-29)17-20-7-8-28(17)2)23-19-24-18(30-27-19)11-3-4-11/h5-9,11H,3-4H2,1-2H3,(H,21,25)(H,22,23,26,27). The van der Waals surface area contributed by atoms with Crippen LogP contribution in [0.25, 0.3) is 28.4 Å². The molecule has 11 heteroatoms. The average molecular weight is 402 g/mol. The smallest absolute Gasteiger partial charge is 0.269 e. The van der Waals surface area contributed by atoms with Crippen molar-refractivity contribution in [2.75, 3.05) is 5.32 Å². The Morgan fingerprint density at radius 1 is 1.23 bits per heavy atom. The van der Waals surface area contributed by atoms with E-state index >= 15 is 0 Å². The van der Waals surface area contributed by atoms with Crippen molar-refractivity contribution in [3.8, 4) is 22.9 Å². The maximum Gasteiger partial charge on any atom is 0.269 e. The van der Waals surface area contributed by atoms with Crippen LogP contribution in [-0.4, -0.2) is 44.5 Å². The zero-order valence-corrected chi connectivity index (χ0v) is 16.4. The fraction of sp³-hybridized carbons (Fsp3) is 0.263. The van der Waals surface area contributed by atoms with Crippen LogP contribution >= 0.6 is 0 Å². The monoisotopic (exact) mass is 402 g/mol. The number of aromatic amines is 1. The second-order valence-corrected chi connectivity index (χ2v) is 7.43. The van der Waals surface area contributed by atoms with E-state index in [9.17, 15) is 0 Å². The van der Waals surface area contributed by atoms with Crippen LogP contribution in [0.3, 0.4) is 0 Å². The Kier molecular flexibility index (Phi) is 3.51. The van der Waals surface area contributed by atoms with Gasteiger partial charge in [-0.2, -0.15) is 10.1 Å². The van der Waals surface area contributed by atoms with Crippen molar-refractivity contribution < 1.29 is 4.52 Å². The minimum Gasteiger partial charge on any atom is -0.337 e.